The zero-order valence-corrected chi connectivity index (χ0v) is 14.1. The fourth-order valence-electron chi connectivity index (χ4n) is 3.23. The summed E-state index contributed by atoms with van der Waals surface area (Å²) in [4.78, 5) is 25.6. The lowest BCUT2D eigenvalue weighted by atomic mass is 10.0. The van der Waals surface area contributed by atoms with Crippen molar-refractivity contribution in [3.63, 3.8) is 0 Å². The van der Waals surface area contributed by atoms with Gasteiger partial charge in [0, 0.05) is 18.8 Å². The highest BCUT2D eigenvalue weighted by Crippen LogP contribution is 2.26. The minimum Gasteiger partial charge on any atom is -0.326 e. The fourth-order valence-corrected chi connectivity index (χ4v) is 3.23. The molecule has 0 aliphatic carbocycles. The maximum Gasteiger partial charge on any atom is 0.277 e. The molecule has 0 radical (unpaired) electrons. The van der Waals surface area contributed by atoms with Crippen LogP contribution in [0.4, 0.5) is 5.69 Å². The Bertz CT molecular complexity index is 958. The molecule has 4 rings (SSSR count). The highest BCUT2D eigenvalue weighted by molar-refractivity contribution is 6.09. The molecule has 2 N–H and O–H groups in total. The molecule has 0 saturated carbocycles. The zero-order chi connectivity index (χ0) is 18.1. The number of carbonyl (C=O) groups excluding carboxylic acids is 2. The van der Waals surface area contributed by atoms with Crippen molar-refractivity contribution in [2.24, 2.45) is 5.73 Å². The largest absolute Gasteiger partial charge is 0.326 e. The van der Waals surface area contributed by atoms with Gasteiger partial charge in [-0.05, 0) is 28.8 Å². The van der Waals surface area contributed by atoms with Gasteiger partial charge >= 0.3 is 0 Å². The van der Waals surface area contributed by atoms with Crippen LogP contribution in [0.25, 0.3) is 11.1 Å². The molecule has 26 heavy (non-hydrogen) atoms. The first-order valence-electron chi connectivity index (χ1n) is 8.43. The third kappa shape index (κ3) is 2.70. The van der Waals surface area contributed by atoms with Gasteiger partial charge in [-0.3, -0.25) is 14.3 Å². The van der Waals surface area contributed by atoms with E-state index in [4.69, 9.17) is 5.73 Å². The third-order valence-corrected chi connectivity index (χ3v) is 4.68. The highest BCUT2D eigenvalue weighted by atomic mass is 16.2. The summed E-state index contributed by atoms with van der Waals surface area (Å²) in [7, 11) is 0. The van der Waals surface area contributed by atoms with Crippen molar-refractivity contribution in [2.45, 2.75) is 13.1 Å². The van der Waals surface area contributed by atoms with Crippen molar-refractivity contribution in [3.05, 3.63) is 71.5 Å². The maximum absolute atomic E-state index is 12.8. The summed E-state index contributed by atoms with van der Waals surface area (Å²) in [5.41, 5.74) is 10.4. The summed E-state index contributed by atoms with van der Waals surface area (Å²) in [6, 6.07) is 15.9. The summed E-state index contributed by atoms with van der Waals surface area (Å²) in [6.07, 6.45) is 2.12. The molecule has 3 aromatic rings. The molecule has 130 valence electrons. The van der Waals surface area contributed by atoms with Crippen molar-refractivity contribution < 1.29 is 9.59 Å². The van der Waals surface area contributed by atoms with E-state index in [0.717, 1.165) is 22.4 Å². The SMILES string of the molecule is NCc1ccc(-c2ccc(N3CCn4ncc(C=O)c4C3=O)cc2)cc1. The van der Waals surface area contributed by atoms with Gasteiger partial charge < -0.3 is 10.6 Å². The maximum atomic E-state index is 12.8. The molecule has 1 aromatic heterocycles. The number of benzene rings is 2. The molecule has 1 amide bonds. The lowest BCUT2D eigenvalue weighted by Gasteiger charge is -2.28. The molecule has 2 heterocycles. The fraction of sp³-hybridized carbons (Fsp3) is 0.150. The smallest absolute Gasteiger partial charge is 0.277 e. The monoisotopic (exact) mass is 346 g/mol. The van der Waals surface area contributed by atoms with Gasteiger partial charge in [-0.2, -0.15) is 5.10 Å². The highest BCUT2D eigenvalue weighted by Gasteiger charge is 2.29. The number of aldehydes is 1. The standard InChI is InChI=1S/C20H18N4O2/c21-11-14-1-3-15(4-2-14)16-5-7-18(8-6-16)23-9-10-24-19(20(23)26)17(13-25)12-22-24/h1-8,12-13H,9-11,21H2. The number of amides is 1. The molecule has 0 unspecified atom stereocenters. The molecule has 0 fully saturated rings. The van der Waals surface area contributed by atoms with Crippen molar-refractivity contribution >= 4 is 17.9 Å². The Labute approximate surface area is 150 Å². The number of aromatic nitrogens is 2. The second kappa shape index (κ2) is 6.57. The number of rotatable bonds is 4. The van der Waals surface area contributed by atoms with Gasteiger partial charge in [0.2, 0.25) is 0 Å². The Hall–Kier alpha value is -3.25. The topological polar surface area (TPSA) is 81.2 Å². The lowest BCUT2D eigenvalue weighted by molar-refractivity contribution is 0.0956. The molecule has 0 spiro atoms. The van der Waals surface area contributed by atoms with Crippen LogP contribution in [0.3, 0.4) is 0 Å². The average Bonchev–Trinajstić information content (AvgIpc) is 3.13. The molecule has 1 aliphatic heterocycles. The average molecular weight is 346 g/mol. The van der Waals surface area contributed by atoms with Crippen LogP contribution in [-0.4, -0.2) is 28.5 Å². The van der Waals surface area contributed by atoms with Gasteiger partial charge in [-0.1, -0.05) is 36.4 Å². The quantitative estimate of drug-likeness (QED) is 0.736. The van der Waals surface area contributed by atoms with Crippen LogP contribution in [0.2, 0.25) is 0 Å². The van der Waals surface area contributed by atoms with Crippen LogP contribution in [0.5, 0.6) is 0 Å². The molecule has 6 heteroatoms. The molecule has 1 aliphatic rings. The summed E-state index contributed by atoms with van der Waals surface area (Å²) in [6.45, 7) is 1.61. The number of nitrogens with two attached hydrogens (primary N) is 1. The van der Waals surface area contributed by atoms with Crippen molar-refractivity contribution in [1.29, 1.82) is 0 Å². The van der Waals surface area contributed by atoms with Crippen molar-refractivity contribution in [3.8, 4) is 11.1 Å². The summed E-state index contributed by atoms with van der Waals surface area (Å²) < 4.78 is 1.59. The number of anilines is 1. The van der Waals surface area contributed by atoms with Crippen LogP contribution in [0.1, 0.15) is 26.4 Å². The Balaban J connectivity index is 1.61. The van der Waals surface area contributed by atoms with Crippen LogP contribution in [-0.2, 0) is 13.1 Å². The molecule has 0 atom stereocenters. The van der Waals surface area contributed by atoms with E-state index < -0.39 is 0 Å². The Morgan fingerprint density at radius 2 is 1.65 bits per heavy atom. The summed E-state index contributed by atoms with van der Waals surface area (Å²) in [5, 5.41) is 4.10. The second-order valence-electron chi connectivity index (χ2n) is 6.19. The van der Waals surface area contributed by atoms with Crippen LogP contribution in [0, 0.1) is 0 Å². The van der Waals surface area contributed by atoms with E-state index >= 15 is 0 Å². The predicted molar refractivity (Wildman–Crippen MR) is 99.1 cm³/mol. The molecule has 2 aromatic carbocycles. The first-order valence-corrected chi connectivity index (χ1v) is 8.43. The second-order valence-corrected chi connectivity index (χ2v) is 6.19. The first-order chi connectivity index (χ1) is 12.7. The first kappa shape index (κ1) is 16.2. The summed E-state index contributed by atoms with van der Waals surface area (Å²) in [5.74, 6) is -0.198. The Morgan fingerprint density at radius 3 is 2.27 bits per heavy atom. The predicted octanol–water partition coefficient (Wildman–Crippen LogP) is 2.48. The van der Waals surface area contributed by atoms with Gasteiger partial charge in [0.05, 0.1) is 18.3 Å². The zero-order valence-electron chi connectivity index (χ0n) is 14.1. The molecular formula is C20H18N4O2. The number of hydrogen-bond donors (Lipinski definition) is 1. The van der Waals surface area contributed by atoms with Crippen molar-refractivity contribution in [1.82, 2.24) is 9.78 Å². The van der Waals surface area contributed by atoms with E-state index in [9.17, 15) is 9.59 Å². The lowest BCUT2D eigenvalue weighted by Crippen LogP contribution is -2.41. The normalized spacial score (nSPS) is 13.6. The number of carbonyl (C=O) groups is 2. The number of hydrogen-bond acceptors (Lipinski definition) is 4. The van der Waals surface area contributed by atoms with Gasteiger partial charge in [0.25, 0.3) is 5.91 Å². The van der Waals surface area contributed by atoms with Gasteiger partial charge in [-0.25, -0.2) is 0 Å². The molecular weight excluding hydrogens is 328 g/mol. The molecule has 0 saturated heterocycles. The van der Waals surface area contributed by atoms with Crippen LogP contribution >= 0.6 is 0 Å². The van der Waals surface area contributed by atoms with E-state index in [1.54, 1.807) is 9.58 Å². The third-order valence-electron chi connectivity index (χ3n) is 4.68. The number of fused-ring (bicyclic) bond motifs is 1. The summed E-state index contributed by atoms with van der Waals surface area (Å²) >= 11 is 0. The number of nitrogens with zero attached hydrogens (tertiary/aromatic N) is 3. The van der Waals surface area contributed by atoms with E-state index in [1.165, 1.54) is 6.20 Å². The van der Waals surface area contributed by atoms with Crippen LogP contribution in [0.15, 0.2) is 54.7 Å². The molecule has 0 bridgehead atoms. The Kier molecular flexibility index (Phi) is 4.10. The Morgan fingerprint density at radius 1 is 1.00 bits per heavy atom. The van der Waals surface area contributed by atoms with Gasteiger partial charge in [-0.15, -0.1) is 0 Å². The van der Waals surface area contributed by atoms with Crippen molar-refractivity contribution in [2.75, 3.05) is 11.4 Å². The minimum atomic E-state index is -0.198. The van der Waals surface area contributed by atoms with Crippen LogP contribution < -0.4 is 10.6 Å². The van der Waals surface area contributed by atoms with E-state index in [1.807, 2.05) is 48.5 Å². The van der Waals surface area contributed by atoms with Gasteiger partial charge in [0.1, 0.15) is 5.69 Å². The van der Waals surface area contributed by atoms with E-state index in [-0.39, 0.29) is 5.91 Å². The minimum absolute atomic E-state index is 0.198. The van der Waals surface area contributed by atoms with E-state index in [0.29, 0.717) is 37.2 Å². The van der Waals surface area contributed by atoms with E-state index in [2.05, 4.69) is 5.10 Å². The van der Waals surface area contributed by atoms with Gasteiger partial charge in [0.15, 0.2) is 6.29 Å². The molecule has 6 nitrogen and oxygen atoms in total.